The lowest BCUT2D eigenvalue weighted by Gasteiger charge is -2.26. The fourth-order valence-electron chi connectivity index (χ4n) is 1.40. The Morgan fingerprint density at radius 1 is 1.47 bits per heavy atom. The molecule has 0 bridgehead atoms. The van der Waals surface area contributed by atoms with Gasteiger partial charge in [-0.2, -0.15) is 0 Å². The average Bonchev–Trinajstić information content (AvgIpc) is 2.26. The highest BCUT2D eigenvalue weighted by molar-refractivity contribution is 5.77. The van der Waals surface area contributed by atoms with Crippen LogP contribution in [0.2, 0.25) is 0 Å². The molecular formula is C12H16FNO. The molecule has 0 radical (unpaired) electrons. The van der Waals surface area contributed by atoms with Crippen LogP contribution in [0, 0.1) is 5.82 Å². The van der Waals surface area contributed by atoms with Crippen LogP contribution in [0.1, 0.15) is 30.6 Å². The van der Waals surface area contributed by atoms with Crippen LogP contribution in [0.3, 0.4) is 0 Å². The number of anilines is 1. The van der Waals surface area contributed by atoms with Crippen molar-refractivity contribution in [3.63, 3.8) is 0 Å². The largest absolute Gasteiger partial charge is 0.372 e. The summed E-state index contributed by atoms with van der Waals surface area (Å²) in [5, 5.41) is 0. The lowest BCUT2D eigenvalue weighted by atomic mass is 10.1. The molecule has 2 nitrogen and oxygen atoms in total. The molecule has 0 amide bonds. The molecule has 3 heteroatoms. The van der Waals surface area contributed by atoms with Crippen molar-refractivity contribution in [3.05, 3.63) is 29.6 Å². The summed E-state index contributed by atoms with van der Waals surface area (Å²) in [7, 11) is 1.90. The molecule has 0 aliphatic carbocycles. The summed E-state index contributed by atoms with van der Waals surface area (Å²) in [5.41, 5.74) is 1.12. The Morgan fingerprint density at radius 3 is 2.67 bits per heavy atom. The van der Waals surface area contributed by atoms with Gasteiger partial charge < -0.3 is 4.90 Å². The van der Waals surface area contributed by atoms with Crippen molar-refractivity contribution >= 4 is 12.0 Å². The van der Waals surface area contributed by atoms with Crippen molar-refractivity contribution in [3.8, 4) is 0 Å². The van der Waals surface area contributed by atoms with Crippen LogP contribution in [0.25, 0.3) is 0 Å². The van der Waals surface area contributed by atoms with E-state index < -0.39 is 0 Å². The molecule has 0 saturated carbocycles. The second-order valence-electron chi connectivity index (χ2n) is 3.73. The fraction of sp³-hybridized carbons (Fsp3) is 0.417. The minimum absolute atomic E-state index is 0.325. The quantitative estimate of drug-likeness (QED) is 0.711. The van der Waals surface area contributed by atoms with Gasteiger partial charge in [-0.15, -0.1) is 0 Å². The Bertz CT molecular complexity index is 351. The predicted molar refractivity (Wildman–Crippen MR) is 59.9 cm³/mol. The van der Waals surface area contributed by atoms with E-state index in [2.05, 4.69) is 13.8 Å². The van der Waals surface area contributed by atoms with Gasteiger partial charge in [-0.25, -0.2) is 4.39 Å². The summed E-state index contributed by atoms with van der Waals surface area (Å²) in [6.45, 7) is 4.13. The molecule has 0 aliphatic rings. The lowest BCUT2D eigenvalue weighted by molar-refractivity contribution is 0.112. The molecule has 15 heavy (non-hydrogen) atoms. The number of hydrogen-bond donors (Lipinski definition) is 0. The monoisotopic (exact) mass is 209 g/mol. The van der Waals surface area contributed by atoms with Crippen molar-refractivity contribution in [1.82, 2.24) is 0 Å². The molecule has 82 valence electrons. The predicted octanol–water partition coefficient (Wildman–Crippen LogP) is 2.87. The molecule has 0 fully saturated rings. The minimum Gasteiger partial charge on any atom is -0.372 e. The van der Waals surface area contributed by atoms with Crippen molar-refractivity contribution in [1.29, 1.82) is 0 Å². The van der Waals surface area contributed by atoms with E-state index in [4.69, 9.17) is 0 Å². The van der Waals surface area contributed by atoms with Crippen LogP contribution in [0.4, 0.5) is 10.1 Å². The first-order chi connectivity index (χ1) is 7.08. The van der Waals surface area contributed by atoms with E-state index in [9.17, 15) is 9.18 Å². The Labute approximate surface area is 89.7 Å². The summed E-state index contributed by atoms with van der Waals surface area (Å²) in [4.78, 5) is 12.6. The van der Waals surface area contributed by atoms with Gasteiger partial charge in [0, 0.05) is 24.3 Å². The number of carbonyl (C=O) groups excluding carboxylic acids is 1. The van der Waals surface area contributed by atoms with Crippen LogP contribution in [0.15, 0.2) is 18.2 Å². The smallest absolute Gasteiger partial charge is 0.150 e. The molecule has 1 aromatic rings. The lowest BCUT2D eigenvalue weighted by Crippen LogP contribution is -2.28. The number of nitrogens with zero attached hydrogens (tertiary/aromatic N) is 1. The second kappa shape index (κ2) is 4.91. The van der Waals surface area contributed by atoms with E-state index in [1.54, 1.807) is 6.07 Å². The first kappa shape index (κ1) is 11.7. The van der Waals surface area contributed by atoms with Crippen molar-refractivity contribution < 1.29 is 9.18 Å². The van der Waals surface area contributed by atoms with Gasteiger partial charge in [0.1, 0.15) is 12.1 Å². The zero-order valence-corrected chi connectivity index (χ0v) is 9.33. The van der Waals surface area contributed by atoms with Gasteiger partial charge in [0.15, 0.2) is 0 Å². The highest BCUT2D eigenvalue weighted by Crippen LogP contribution is 2.19. The first-order valence-electron chi connectivity index (χ1n) is 5.07. The zero-order chi connectivity index (χ0) is 11.4. The molecule has 0 N–H and O–H groups in total. The van der Waals surface area contributed by atoms with Gasteiger partial charge in [-0.3, -0.25) is 4.79 Å². The maximum Gasteiger partial charge on any atom is 0.150 e. The highest BCUT2D eigenvalue weighted by atomic mass is 19.1. The summed E-state index contributed by atoms with van der Waals surface area (Å²) < 4.78 is 13.2. The minimum atomic E-state index is -0.371. The summed E-state index contributed by atoms with van der Waals surface area (Å²) >= 11 is 0. The zero-order valence-electron chi connectivity index (χ0n) is 9.33. The summed E-state index contributed by atoms with van der Waals surface area (Å²) in [6, 6.07) is 4.70. The maximum atomic E-state index is 13.2. The first-order valence-corrected chi connectivity index (χ1v) is 5.07. The molecule has 1 aromatic carbocycles. The number of halogens is 1. The second-order valence-corrected chi connectivity index (χ2v) is 3.73. The summed E-state index contributed by atoms with van der Waals surface area (Å²) in [6.07, 6.45) is 1.64. The van der Waals surface area contributed by atoms with E-state index in [1.807, 2.05) is 11.9 Å². The molecule has 0 saturated heterocycles. The van der Waals surface area contributed by atoms with Crippen molar-refractivity contribution in [2.45, 2.75) is 26.3 Å². The van der Waals surface area contributed by atoms with E-state index in [-0.39, 0.29) is 5.82 Å². The molecule has 0 heterocycles. The number of carbonyl (C=O) groups is 1. The summed E-state index contributed by atoms with van der Waals surface area (Å²) in [5.74, 6) is -0.371. The number of benzene rings is 1. The van der Waals surface area contributed by atoms with Crippen LogP contribution in [0.5, 0.6) is 0 Å². The fourth-order valence-corrected chi connectivity index (χ4v) is 1.40. The Hall–Kier alpha value is -1.38. The topological polar surface area (TPSA) is 20.3 Å². The van der Waals surface area contributed by atoms with Gasteiger partial charge in [0.05, 0.1) is 0 Å². The standard InChI is InChI=1S/C12H16FNO/c1-4-9(2)14(3)12-6-10(8-15)5-11(13)7-12/h5-9H,4H2,1-3H3. The van der Waals surface area contributed by atoms with Gasteiger partial charge >= 0.3 is 0 Å². The molecule has 0 aliphatic heterocycles. The molecule has 1 atom stereocenters. The van der Waals surface area contributed by atoms with Crippen LogP contribution < -0.4 is 4.90 Å². The van der Waals surface area contributed by atoms with E-state index in [1.165, 1.54) is 12.1 Å². The Morgan fingerprint density at radius 2 is 2.13 bits per heavy atom. The van der Waals surface area contributed by atoms with Gasteiger partial charge in [-0.05, 0) is 31.5 Å². The molecule has 1 unspecified atom stereocenters. The normalized spacial score (nSPS) is 12.3. The van der Waals surface area contributed by atoms with Crippen molar-refractivity contribution in [2.24, 2.45) is 0 Å². The molecular weight excluding hydrogens is 193 g/mol. The number of hydrogen-bond acceptors (Lipinski definition) is 2. The van der Waals surface area contributed by atoms with Gasteiger partial charge in [0.2, 0.25) is 0 Å². The van der Waals surface area contributed by atoms with E-state index >= 15 is 0 Å². The van der Waals surface area contributed by atoms with Gasteiger partial charge in [-0.1, -0.05) is 6.92 Å². The van der Waals surface area contributed by atoms with E-state index in [0.717, 1.165) is 12.1 Å². The van der Waals surface area contributed by atoms with Crippen LogP contribution in [-0.4, -0.2) is 19.4 Å². The number of rotatable bonds is 4. The maximum absolute atomic E-state index is 13.2. The van der Waals surface area contributed by atoms with Crippen LogP contribution in [-0.2, 0) is 0 Å². The third-order valence-corrected chi connectivity index (χ3v) is 2.70. The SMILES string of the molecule is CCC(C)N(C)c1cc(F)cc(C=O)c1. The third kappa shape index (κ3) is 2.78. The van der Waals surface area contributed by atoms with Crippen molar-refractivity contribution in [2.75, 3.05) is 11.9 Å². The Kier molecular flexibility index (Phi) is 3.83. The van der Waals surface area contributed by atoms with E-state index in [0.29, 0.717) is 17.9 Å². The van der Waals surface area contributed by atoms with Crippen LogP contribution >= 0.6 is 0 Å². The number of aldehydes is 1. The molecule has 0 aromatic heterocycles. The Balaban J connectivity index is 3.02. The average molecular weight is 209 g/mol. The molecule has 1 rings (SSSR count). The molecule has 0 spiro atoms. The van der Waals surface area contributed by atoms with Gasteiger partial charge in [0.25, 0.3) is 0 Å². The highest BCUT2D eigenvalue weighted by Gasteiger charge is 2.09. The third-order valence-electron chi connectivity index (χ3n) is 2.70.